The molecule has 0 unspecified atom stereocenters. The third-order valence-electron chi connectivity index (χ3n) is 4.07. The summed E-state index contributed by atoms with van der Waals surface area (Å²) in [5.74, 6) is -4.90. The molecule has 12 nitrogen and oxygen atoms in total. The van der Waals surface area contributed by atoms with Gasteiger partial charge >= 0.3 is 0 Å². The Hall–Kier alpha value is -3.20. The first-order valence-electron chi connectivity index (χ1n) is 7.03. The highest BCUT2D eigenvalue weighted by molar-refractivity contribution is 7.86. The number of anilines is 2. The molecule has 0 aliphatic heterocycles. The van der Waals surface area contributed by atoms with E-state index < -0.39 is 86.7 Å². The number of ketones is 2. The van der Waals surface area contributed by atoms with E-state index in [-0.39, 0.29) is 0 Å². The summed E-state index contributed by atoms with van der Waals surface area (Å²) in [6.07, 6.45) is 0. The Morgan fingerprint density at radius 3 is 1.71 bits per heavy atom. The van der Waals surface area contributed by atoms with Crippen molar-refractivity contribution in [1.82, 2.24) is 0 Å². The number of phenolic OH excluding ortho intramolecular Hbond substituents is 2. The number of benzene rings is 2. The maximum Gasteiger partial charge on any atom is 0.298 e. The highest BCUT2D eigenvalue weighted by atomic mass is 32.2. The third kappa shape index (κ3) is 2.58. The monoisotopic (exact) mass is 430 g/mol. The Balaban J connectivity index is 2.51. The van der Waals surface area contributed by atoms with Gasteiger partial charge in [-0.2, -0.15) is 16.8 Å². The lowest BCUT2D eigenvalue weighted by Gasteiger charge is -2.23. The number of hydrogen-bond acceptors (Lipinski definition) is 10. The lowest BCUT2D eigenvalue weighted by molar-refractivity contribution is 0.0974. The Bertz CT molecular complexity index is 1230. The van der Waals surface area contributed by atoms with Crippen LogP contribution < -0.4 is 11.5 Å². The zero-order valence-electron chi connectivity index (χ0n) is 13.4. The average molecular weight is 430 g/mol. The molecule has 0 aromatic heterocycles. The maximum atomic E-state index is 12.8. The smallest absolute Gasteiger partial charge is 0.298 e. The molecule has 14 heteroatoms. The molecular weight excluding hydrogens is 420 g/mol. The van der Waals surface area contributed by atoms with Crippen molar-refractivity contribution in [3.8, 4) is 11.5 Å². The number of aromatic hydroxyl groups is 2. The highest BCUT2D eigenvalue weighted by Crippen LogP contribution is 2.45. The second-order valence-corrected chi connectivity index (χ2v) is 8.51. The molecule has 1 aliphatic rings. The van der Waals surface area contributed by atoms with Gasteiger partial charge in [-0.1, -0.05) is 0 Å². The van der Waals surface area contributed by atoms with Crippen LogP contribution in [0.25, 0.3) is 0 Å². The number of fused-ring (bicyclic) bond motifs is 2. The van der Waals surface area contributed by atoms with Crippen molar-refractivity contribution in [2.75, 3.05) is 11.5 Å². The van der Waals surface area contributed by atoms with Gasteiger partial charge in [0.1, 0.15) is 21.3 Å². The summed E-state index contributed by atoms with van der Waals surface area (Å²) in [6.45, 7) is 0. The van der Waals surface area contributed by atoms with E-state index in [0.717, 1.165) is 0 Å². The van der Waals surface area contributed by atoms with E-state index in [0.29, 0.717) is 12.1 Å². The molecule has 28 heavy (non-hydrogen) atoms. The number of hydrogen-bond donors (Lipinski definition) is 6. The van der Waals surface area contributed by atoms with Crippen LogP contribution in [0.1, 0.15) is 31.8 Å². The fourth-order valence-electron chi connectivity index (χ4n) is 2.92. The van der Waals surface area contributed by atoms with Crippen molar-refractivity contribution in [3.63, 3.8) is 0 Å². The summed E-state index contributed by atoms with van der Waals surface area (Å²) in [5.41, 5.74) is 6.32. The van der Waals surface area contributed by atoms with E-state index in [1.807, 2.05) is 0 Å². The quantitative estimate of drug-likeness (QED) is 0.172. The van der Waals surface area contributed by atoms with Crippen molar-refractivity contribution < 1.29 is 45.7 Å². The first kappa shape index (κ1) is 19.6. The van der Waals surface area contributed by atoms with Crippen molar-refractivity contribution in [1.29, 1.82) is 0 Å². The minimum atomic E-state index is -5.07. The second-order valence-electron chi connectivity index (χ2n) is 5.73. The third-order valence-corrected chi connectivity index (χ3v) is 5.83. The van der Waals surface area contributed by atoms with E-state index >= 15 is 0 Å². The maximum absolute atomic E-state index is 12.8. The van der Waals surface area contributed by atoms with E-state index in [2.05, 4.69) is 0 Å². The Labute approximate surface area is 156 Å². The molecule has 0 amide bonds. The molecule has 0 spiro atoms. The number of nitrogens with two attached hydrogens (primary N) is 2. The van der Waals surface area contributed by atoms with E-state index in [9.17, 15) is 45.7 Å². The van der Waals surface area contributed by atoms with Crippen LogP contribution in [0.5, 0.6) is 11.5 Å². The molecule has 0 fully saturated rings. The lowest BCUT2D eigenvalue weighted by atomic mass is 9.81. The topological polar surface area (TPSA) is 235 Å². The molecular formula is C14H10N2O10S2. The van der Waals surface area contributed by atoms with Crippen molar-refractivity contribution in [2.45, 2.75) is 9.79 Å². The Kier molecular flexibility index (Phi) is 3.95. The van der Waals surface area contributed by atoms with Gasteiger partial charge in [-0.05, 0) is 6.07 Å². The van der Waals surface area contributed by atoms with Gasteiger partial charge in [0.15, 0.2) is 0 Å². The molecule has 0 heterocycles. The van der Waals surface area contributed by atoms with Gasteiger partial charge in [-0.3, -0.25) is 18.7 Å². The highest BCUT2D eigenvalue weighted by Gasteiger charge is 2.41. The molecule has 2 aromatic rings. The van der Waals surface area contributed by atoms with Crippen LogP contribution in [0.15, 0.2) is 21.9 Å². The van der Waals surface area contributed by atoms with Crippen LogP contribution >= 0.6 is 0 Å². The van der Waals surface area contributed by atoms with Gasteiger partial charge < -0.3 is 21.7 Å². The van der Waals surface area contributed by atoms with Gasteiger partial charge in [-0.15, -0.1) is 0 Å². The summed E-state index contributed by atoms with van der Waals surface area (Å²) in [5, 5.41) is 20.2. The number of carbonyl (C=O) groups excluding carboxylic acids is 2. The van der Waals surface area contributed by atoms with Crippen LogP contribution in [0, 0.1) is 0 Å². The SMILES string of the molecule is Nc1cc(S(=O)(=O)O)c(O)c2c1C(=O)c1c(O)cc(S(=O)(=O)O)c(N)c1C2=O. The molecule has 0 radical (unpaired) electrons. The summed E-state index contributed by atoms with van der Waals surface area (Å²) < 4.78 is 64.0. The van der Waals surface area contributed by atoms with Crippen LogP contribution in [-0.4, -0.2) is 47.7 Å². The summed E-state index contributed by atoms with van der Waals surface area (Å²) >= 11 is 0. The zero-order valence-corrected chi connectivity index (χ0v) is 15.0. The normalized spacial score (nSPS) is 13.9. The second kappa shape index (κ2) is 5.65. The average Bonchev–Trinajstić information content (AvgIpc) is 2.53. The van der Waals surface area contributed by atoms with Crippen LogP contribution in [0.2, 0.25) is 0 Å². The number of phenols is 2. The van der Waals surface area contributed by atoms with Crippen LogP contribution in [0.4, 0.5) is 11.4 Å². The van der Waals surface area contributed by atoms with E-state index in [1.54, 1.807) is 0 Å². The molecule has 1 aliphatic carbocycles. The van der Waals surface area contributed by atoms with E-state index in [1.165, 1.54) is 0 Å². The predicted molar refractivity (Wildman–Crippen MR) is 91.5 cm³/mol. The van der Waals surface area contributed by atoms with Gasteiger partial charge in [0.2, 0.25) is 11.6 Å². The van der Waals surface area contributed by atoms with Gasteiger partial charge in [0.25, 0.3) is 20.2 Å². The first-order chi connectivity index (χ1) is 12.7. The molecule has 2 aromatic carbocycles. The standard InChI is InChI=1S/C14H10N2O10S2/c15-3-1-6(28(24,25)26)12(18)10-7(3)13(19)8-4(17)2-5(27(21,22)23)11(16)9(8)14(10)20/h1-2,17-18H,15-16H2,(H,21,22,23)(H,24,25,26). The van der Waals surface area contributed by atoms with Gasteiger partial charge in [0.05, 0.1) is 27.9 Å². The fourth-order valence-corrected chi connectivity index (χ4v) is 4.18. The molecule has 0 saturated heterocycles. The molecule has 0 saturated carbocycles. The number of nitrogen functional groups attached to an aromatic ring is 2. The minimum Gasteiger partial charge on any atom is -0.507 e. The van der Waals surface area contributed by atoms with Crippen molar-refractivity contribution in [3.05, 3.63) is 34.4 Å². The van der Waals surface area contributed by atoms with E-state index in [4.69, 9.17) is 11.5 Å². The largest absolute Gasteiger partial charge is 0.507 e. The van der Waals surface area contributed by atoms with Crippen molar-refractivity contribution >= 4 is 43.2 Å². The molecule has 0 atom stereocenters. The predicted octanol–water partition coefficient (Wildman–Crippen LogP) is -0.469. The molecule has 0 bridgehead atoms. The molecule has 8 N–H and O–H groups in total. The Morgan fingerprint density at radius 2 is 1.21 bits per heavy atom. The van der Waals surface area contributed by atoms with Crippen LogP contribution in [0.3, 0.4) is 0 Å². The summed E-state index contributed by atoms with van der Waals surface area (Å²) in [4.78, 5) is 23.3. The zero-order chi connectivity index (χ0) is 21.3. The van der Waals surface area contributed by atoms with Gasteiger partial charge in [-0.25, -0.2) is 0 Å². The molecule has 3 rings (SSSR count). The lowest BCUT2D eigenvalue weighted by Crippen LogP contribution is -2.26. The van der Waals surface area contributed by atoms with Gasteiger partial charge in [0, 0.05) is 11.8 Å². The number of rotatable bonds is 2. The minimum absolute atomic E-state index is 0.447. The first-order valence-corrected chi connectivity index (χ1v) is 9.91. The fraction of sp³-hybridized carbons (Fsp3) is 0. The number of carbonyl (C=O) groups is 2. The summed E-state index contributed by atoms with van der Waals surface area (Å²) in [7, 11) is -10.1. The Morgan fingerprint density at radius 1 is 0.714 bits per heavy atom. The summed E-state index contributed by atoms with van der Waals surface area (Å²) in [6, 6.07) is 0.981. The van der Waals surface area contributed by atoms with Crippen molar-refractivity contribution in [2.24, 2.45) is 0 Å². The molecule has 148 valence electrons. The van der Waals surface area contributed by atoms with Crippen LogP contribution in [-0.2, 0) is 20.2 Å².